The molecule has 0 spiro atoms. The van der Waals surface area contributed by atoms with Gasteiger partial charge in [-0.1, -0.05) is 6.07 Å². The molecule has 1 aliphatic heterocycles. The highest BCUT2D eigenvalue weighted by Gasteiger charge is 2.20. The van der Waals surface area contributed by atoms with Crippen molar-refractivity contribution >= 4 is 0 Å². The molecule has 2 aromatic heterocycles. The maximum absolute atomic E-state index is 4.42. The summed E-state index contributed by atoms with van der Waals surface area (Å²) in [5.74, 6) is 1.98. The van der Waals surface area contributed by atoms with Crippen molar-refractivity contribution in [2.45, 2.75) is 38.9 Å². The molecule has 0 radical (unpaired) electrons. The second kappa shape index (κ2) is 4.86. The van der Waals surface area contributed by atoms with Crippen LogP contribution < -0.4 is 5.32 Å². The fraction of sp³-hybridized carbons (Fsp3) is 0.462. The predicted molar refractivity (Wildman–Crippen MR) is 67.9 cm³/mol. The van der Waals surface area contributed by atoms with E-state index in [-0.39, 0.29) is 0 Å². The number of fused-ring (bicyclic) bond motifs is 1. The van der Waals surface area contributed by atoms with Crippen molar-refractivity contribution in [3.63, 3.8) is 0 Å². The Morgan fingerprint density at radius 3 is 3.22 bits per heavy atom. The zero-order valence-corrected chi connectivity index (χ0v) is 10.5. The van der Waals surface area contributed by atoms with Gasteiger partial charge in [0.2, 0.25) is 0 Å². The number of hydrogen-bond acceptors (Lipinski definition) is 4. The quantitative estimate of drug-likeness (QED) is 0.876. The maximum atomic E-state index is 4.42. The number of nitrogens with zero attached hydrogens (tertiary/aromatic N) is 4. The van der Waals surface area contributed by atoms with Crippen LogP contribution in [-0.4, -0.2) is 25.8 Å². The molecule has 3 heterocycles. The van der Waals surface area contributed by atoms with Crippen LogP contribution in [0.25, 0.3) is 0 Å². The zero-order chi connectivity index (χ0) is 12.4. The van der Waals surface area contributed by atoms with Crippen molar-refractivity contribution in [2.24, 2.45) is 0 Å². The predicted octanol–water partition coefficient (Wildman–Crippen LogP) is 1.09. The van der Waals surface area contributed by atoms with E-state index in [9.17, 15) is 0 Å². The van der Waals surface area contributed by atoms with Gasteiger partial charge in [-0.2, -0.15) is 5.10 Å². The number of pyridine rings is 1. The maximum Gasteiger partial charge on any atom is 0.147 e. The van der Waals surface area contributed by atoms with E-state index in [1.165, 1.54) is 0 Å². The first-order valence-electron chi connectivity index (χ1n) is 6.35. The van der Waals surface area contributed by atoms with E-state index in [0.717, 1.165) is 43.3 Å². The number of aromatic nitrogens is 4. The Morgan fingerprint density at radius 2 is 2.39 bits per heavy atom. The molecular formula is C13H17N5. The summed E-state index contributed by atoms with van der Waals surface area (Å²) in [7, 11) is 0. The van der Waals surface area contributed by atoms with Crippen molar-refractivity contribution in [1.29, 1.82) is 0 Å². The minimum atomic E-state index is 0.459. The molecule has 0 saturated carbocycles. The summed E-state index contributed by atoms with van der Waals surface area (Å²) in [6, 6.07) is 6.46. The van der Waals surface area contributed by atoms with E-state index in [1.807, 2.05) is 36.0 Å². The smallest absolute Gasteiger partial charge is 0.147 e. The molecule has 5 heteroatoms. The highest BCUT2D eigenvalue weighted by atomic mass is 15.4. The van der Waals surface area contributed by atoms with Gasteiger partial charge in [0.1, 0.15) is 11.6 Å². The summed E-state index contributed by atoms with van der Waals surface area (Å²) in [5.41, 5.74) is 1.08. The lowest BCUT2D eigenvalue weighted by Gasteiger charge is -2.23. The summed E-state index contributed by atoms with van der Waals surface area (Å²) < 4.78 is 2.02. The summed E-state index contributed by atoms with van der Waals surface area (Å²) in [6.45, 7) is 3.67. The van der Waals surface area contributed by atoms with Gasteiger partial charge in [-0.05, 0) is 25.5 Å². The third-order valence-electron chi connectivity index (χ3n) is 3.26. The van der Waals surface area contributed by atoms with Crippen molar-refractivity contribution in [3.05, 3.63) is 41.7 Å². The monoisotopic (exact) mass is 243 g/mol. The van der Waals surface area contributed by atoms with E-state index in [1.54, 1.807) is 0 Å². The fourth-order valence-electron chi connectivity index (χ4n) is 2.35. The Balaban J connectivity index is 1.60. The average Bonchev–Trinajstić information content (AvgIpc) is 2.77. The first-order valence-corrected chi connectivity index (χ1v) is 6.35. The summed E-state index contributed by atoms with van der Waals surface area (Å²) >= 11 is 0. The fourth-order valence-corrected chi connectivity index (χ4v) is 2.35. The first kappa shape index (κ1) is 11.3. The molecule has 0 bridgehead atoms. The van der Waals surface area contributed by atoms with Crippen LogP contribution in [0.4, 0.5) is 0 Å². The first-order chi connectivity index (χ1) is 8.81. The van der Waals surface area contributed by atoms with Gasteiger partial charge in [-0.3, -0.25) is 4.98 Å². The Hall–Kier alpha value is -1.75. The van der Waals surface area contributed by atoms with Gasteiger partial charge in [-0.15, -0.1) is 0 Å². The minimum absolute atomic E-state index is 0.459. The summed E-state index contributed by atoms with van der Waals surface area (Å²) in [5, 5.41) is 7.94. The lowest BCUT2D eigenvalue weighted by atomic mass is 10.1. The van der Waals surface area contributed by atoms with Crippen LogP contribution in [-0.2, 0) is 19.5 Å². The van der Waals surface area contributed by atoms with Gasteiger partial charge < -0.3 is 5.32 Å². The van der Waals surface area contributed by atoms with E-state index >= 15 is 0 Å². The Labute approximate surface area is 106 Å². The standard InChI is InChI=1S/C13H17N5/c1-10-16-13-6-5-12(9-18(13)17-10)15-8-11-4-2-3-7-14-11/h2-4,7,12,15H,5-6,8-9H2,1H3/t12-/m1/s1. The molecule has 5 nitrogen and oxygen atoms in total. The largest absolute Gasteiger partial charge is 0.307 e. The highest BCUT2D eigenvalue weighted by molar-refractivity contribution is 5.03. The summed E-state index contributed by atoms with van der Waals surface area (Å²) in [4.78, 5) is 8.73. The van der Waals surface area contributed by atoms with Crippen LogP contribution >= 0.6 is 0 Å². The number of aryl methyl sites for hydroxylation is 2. The molecule has 0 unspecified atom stereocenters. The molecule has 0 aromatic carbocycles. The number of nitrogens with one attached hydrogen (secondary N) is 1. The molecule has 1 atom stereocenters. The molecule has 1 N–H and O–H groups in total. The highest BCUT2D eigenvalue weighted by Crippen LogP contribution is 2.13. The molecule has 0 aliphatic carbocycles. The number of hydrogen-bond donors (Lipinski definition) is 1. The Bertz CT molecular complexity index is 519. The van der Waals surface area contributed by atoms with Crippen LogP contribution in [0.3, 0.4) is 0 Å². The second-order valence-corrected chi connectivity index (χ2v) is 4.69. The Kier molecular flexibility index (Phi) is 3.06. The minimum Gasteiger partial charge on any atom is -0.307 e. The lowest BCUT2D eigenvalue weighted by Crippen LogP contribution is -2.37. The van der Waals surface area contributed by atoms with Crippen LogP contribution in [0.15, 0.2) is 24.4 Å². The van der Waals surface area contributed by atoms with E-state index < -0.39 is 0 Å². The summed E-state index contributed by atoms with van der Waals surface area (Å²) in [6.07, 6.45) is 3.95. The molecule has 94 valence electrons. The van der Waals surface area contributed by atoms with E-state index in [2.05, 4.69) is 20.4 Å². The van der Waals surface area contributed by atoms with Gasteiger partial charge in [0.05, 0.1) is 12.2 Å². The van der Waals surface area contributed by atoms with Crippen molar-refractivity contribution < 1.29 is 0 Å². The van der Waals surface area contributed by atoms with Gasteiger partial charge in [0, 0.05) is 25.2 Å². The third-order valence-corrected chi connectivity index (χ3v) is 3.26. The van der Waals surface area contributed by atoms with Crippen LogP contribution in [0.1, 0.15) is 23.8 Å². The molecule has 18 heavy (non-hydrogen) atoms. The molecule has 0 saturated heterocycles. The normalized spacial score (nSPS) is 18.6. The van der Waals surface area contributed by atoms with Gasteiger partial charge in [0.15, 0.2) is 0 Å². The van der Waals surface area contributed by atoms with E-state index in [4.69, 9.17) is 0 Å². The van der Waals surface area contributed by atoms with Gasteiger partial charge >= 0.3 is 0 Å². The lowest BCUT2D eigenvalue weighted by molar-refractivity contribution is 0.356. The van der Waals surface area contributed by atoms with Crippen LogP contribution in [0.5, 0.6) is 0 Å². The molecule has 1 aliphatic rings. The van der Waals surface area contributed by atoms with Gasteiger partial charge in [-0.25, -0.2) is 9.67 Å². The van der Waals surface area contributed by atoms with Crippen LogP contribution in [0, 0.1) is 6.92 Å². The molecule has 0 fully saturated rings. The zero-order valence-electron chi connectivity index (χ0n) is 10.5. The second-order valence-electron chi connectivity index (χ2n) is 4.69. The van der Waals surface area contributed by atoms with Crippen molar-refractivity contribution in [3.8, 4) is 0 Å². The molecular weight excluding hydrogens is 226 g/mol. The van der Waals surface area contributed by atoms with Crippen molar-refractivity contribution in [2.75, 3.05) is 0 Å². The average molecular weight is 243 g/mol. The number of rotatable bonds is 3. The van der Waals surface area contributed by atoms with Gasteiger partial charge in [0.25, 0.3) is 0 Å². The SMILES string of the molecule is Cc1nc2n(n1)C[C@H](NCc1ccccn1)CC2. The van der Waals surface area contributed by atoms with Crippen LogP contribution in [0.2, 0.25) is 0 Å². The van der Waals surface area contributed by atoms with Crippen molar-refractivity contribution in [1.82, 2.24) is 25.1 Å². The topological polar surface area (TPSA) is 55.6 Å². The molecule has 3 rings (SSSR count). The molecule has 0 amide bonds. The Morgan fingerprint density at radius 1 is 1.44 bits per heavy atom. The molecule has 2 aromatic rings. The van der Waals surface area contributed by atoms with E-state index in [0.29, 0.717) is 6.04 Å². The third kappa shape index (κ3) is 2.41.